The van der Waals surface area contributed by atoms with Gasteiger partial charge >= 0.3 is 6.03 Å². The first-order chi connectivity index (χ1) is 11.0. The number of anilines is 1. The summed E-state index contributed by atoms with van der Waals surface area (Å²) in [6, 6.07) is 7.24. The van der Waals surface area contributed by atoms with E-state index < -0.39 is 5.54 Å². The van der Waals surface area contributed by atoms with Crippen molar-refractivity contribution in [3.63, 3.8) is 0 Å². The number of thiazole rings is 1. The highest BCUT2D eigenvalue weighted by molar-refractivity contribution is 7.09. The van der Waals surface area contributed by atoms with E-state index in [9.17, 15) is 9.90 Å². The Morgan fingerprint density at radius 1 is 1.35 bits per heavy atom. The number of aryl methyl sites for hydroxylation is 1. The van der Waals surface area contributed by atoms with Crippen LogP contribution in [0, 0.1) is 6.92 Å². The van der Waals surface area contributed by atoms with Gasteiger partial charge in [0, 0.05) is 16.6 Å². The van der Waals surface area contributed by atoms with Gasteiger partial charge in [-0.15, -0.1) is 11.3 Å². The summed E-state index contributed by atoms with van der Waals surface area (Å²) in [4.78, 5) is 16.5. The highest BCUT2D eigenvalue weighted by Gasteiger charge is 2.24. The molecule has 5 nitrogen and oxygen atoms in total. The molecular weight excluding hydrogens is 310 g/mol. The molecular formula is C17H23N3O2S. The van der Waals surface area contributed by atoms with Gasteiger partial charge in [0.15, 0.2) is 0 Å². The van der Waals surface area contributed by atoms with E-state index in [-0.39, 0.29) is 12.6 Å². The standard InChI is InChI=1S/C17H23N3O2S/c1-4-9-17(3,11-21)20-16(22)19-14-7-5-13(6-8-14)15-10-23-12(2)18-15/h5-8,10,21H,4,9,11H2,1-3H3,(H2,19,20,22). The molecule has 23 heavy (non-hydrogen) atoms. The summed E-state index contributed by atoms with van der Waals surface area (Å²) in [5.41, 5.74) is 2.07. The van der Waals surface area contributed by atoms with E-state index in [4.69, 9.17) is 0 Å². The number of urea groups is 1. The molecule has 0 aliphatic rings. The van der Waals surface area contributed by atoms with E-state index in [0.29, 0.717) is 5.69 Å². The Bertz CT molecular complexity index is 654. The van der Waals surface area contributed by atoms with E-state index in [1.54, 1.807) is 11.3 Å². The van der Waals surface area contributed by atoms with Crippen LogP contribution in [0.1, 0.15) is 31.7 Å². The Morgan fingerprint density at radius 2 is 2.04 bits per heavy atom. The second-order valence-electron chi connectivity index (χ2n) is 5.88. The molecule has 0 spiro atoms. The number of carbonyl (C=O) groups is 1. The Morgan fingerprint density at radius 3 is 2.57 bits per heavy atom. The monoisotopic (exact) mass is 333 g/mol. The highest BCUT2D eigenvalue weighted by Crippen LogP contribution is 2.23. The third kappa shape index (κ3) is 4.77. The van der Waals surface area contributed by atoms with Crippen molar-refractivity contribution in [1.82, 2.24) is 10.3 Å². The molecule has 0 saturated carbocycles. The quantitative estimate of drug-likeness (QED) is 0.753. The van der Waals surface area contributed by atoms with Gasteiger partial charge in [0.25, 0.3) is 0 Å². The lowest BCUT2D eigenvalue weighted by atomic mass is 9.98. The minimum absolute atomic E-state index is 0.0869. The van der Waals surface area contributed by atoms with Crippen LogP contribution in [-0.4, -0.2) is 28.3 Å². The lowest BCUT2D eigenvalue weighted by Gasteiger charge is -2.28. The lowest BCUT2D eigenvalue weighted by Crippen LogP contribution is -2.50. The van der Waals surface area contributed by atoms with Crippen LogP contribution in [-0.2, 0) is 0 Å². The molecule has 1 unspecified atom stereocenters. The van der Waals surface area contributed by atoms with Gasteiger partial charge in [0.1, 0.15) is 0 Å². The summed E-state index contributed by atoms with van der Waals surface area (Å²) in [6.07, 6.45) is 1.61. The molecule has 2 rings (SSSR count). The molecule has 3 N–H and O–H groups in total. The molecule has 1 atom stereocenters. The number of hydrogen-bond acceptors (Lipinski definition) is 4. The van der Waals surface area contributed by atoms with Gasteiger partial charge in [-0.05, 0) is 32.4 Å². The zero-order valence-electron chi connectivity index (χ0n) is 13.7. The van der Waals surface area contributed by atoms with Crippen molar-refractivity contribution in [1.29, 1.82) is 0 Å². The highest BCUT2D eigenvalue weighted by atomic mass is 32.1. The predicted octanol–water partition coefficient (Wildman–Crippen LogP) is 3.79. The van der Waals surface area contributed by atoms with Crippen molar-refractivity contribution in [2.75, 3.05) is 11.9 Å². The van der Waals surface area contributed by atoms with Crippen LogP contribution in [0.5, 0.6) is 0 Å². The number of aliphatic hydroxyl groups is 1. The maximum atomic E-state index is 12.1. The fraction of sp³-hybridized carbons (Fsp3) is 0.412. The van der Waals surface area contributed by atoms with E-state index >= 15 is 0 Å². The average Bonchev–Trinajstić information content (AvgIpc) is 2.94. The number of aromatic nitrogens is 1. The molecule has 0 radical (unpaired) electrons. The summed E-state index contributed by atoms with van der Waals surface area (Å²) in [6.45, 7) is 5.75. The zero-order chi connectivity index (χ0) is 16.9. The molecule has 0 aliphatic carbocycles. The molecule has 0 aliphatic heterocycles. The van der Waals surface area contributed by atoms with Crippen LogP contribution in [0.2, 0.25) is 0 Å². The van der Waals surface area contributed by atoms with Gasteiger partial charge in [-0.3, -0.25) is 0 Å². The Balaban J connectivity index is 1.99. The number of carbonyl (C=O) groups excluding carboxylic acids is 1. The van der Waals surface area contributed by atoms with Gasteiger partial charge in [-0.25, -0.2) is 9.78 Å². The van der Waals surface area contributed by atoms with E-state index in [1.165, 1.54) is 0 Å². The SMILES string of the molecule is CCCC(C)(CO)NC(=O)Nc1ccc(-c2csc(C)n2)cc1. The molecule has 6 heteroatoms. The minimum atomic E-state index is -0.600. The number of benzene rings is 1. The van der Waals surface area contributed by atoms with Crippen molar-refractivity contribution >= 4 is 23.1 Å². The summed E-state index contributed by atoms with van der Waals surface area (Å²) >= 11 is 1.61. The van der Waals surface area contributed by atoms with Gasteiger partial charge in [0.2, 0.25) is 0 Å². The van der Waals surface area contributed by atoms with Crippen molar-refractivity contribution in [2.24, 2.45) is 0 Å². The third-order valence-electron chi connectivity index (χ3n) is 3.62. The number of hydrogen-bond donors (Lipinski definition) is 3. The fourth-order valence-corrected chi connectivity index (χ4v) is 3.01. The topological polar surface area (TPSA) is 74.2 Å². The van der Waals surface area contributed by atoms with Crippen LogP contribution in [0.15, 0.2) is 29.6 Å². The van der Waals surface area contributed by atoms with Crippen LogP contribution in [0.4, 0.5) is 10.5 Å². The Kier molecular flexibility index (Phi) is 5.74. The largest absolute Gasteiger partial charge is 0.394 e. The third-order valence-corrected chi connectivity index (χ3v) is 4.40. The maximum Gasteiger partial charge on any atom is 0.319 e. The molecule has 2 amide bonds. The second-order valence-corrected chi connectivity index (χ2v) is 6.94. The van der Waals surface area contributed by atoms with Crippen LogP contribution in [0.25, 0.3) is 11.3 Å². The molecule has 2 aromatic rings. The average molecular weight is 333 g/mol. The van der Waals surface area contributed by atoms with Gasteiger partial charge < -0.3 is 15.7 Å². The number of aliphatic hydroxyl groups excluding tert-OH is 1. The molecule has 124 valence electrons. The number of amides is 2. The molecule has 0 bridgehead atoms. The number of nitrogens with one attached hydrogen (secondary N) is 2. The van der Waals surface area contributed by atoms with Crippen molar-refractivity contribution in [3.8, 4) is 11.3 Å². The Hall–Kier alpha value is -1.92. The minimum Gasteiger partial charge on any atom is -0.394 e. The summed E-state index contributed by atoms with van der Waals surface area (Å²) < 4.78 is 0. The summed E-state index contributed by atoms with van der Waals surface area (Å²) in [7, 11) is 0. The normalized spacial score (nSPS) is 13.4. The maximum absolute atomic E-state index is 12.1. The molecule has 1 heterocycles. The predicted molar refractivity (Wildman–Crippen MR) is 94.8 cm³/mol. The van der Waals surface area contributed by atoms with E-state index in [2.05, 4.69) is 15.6 Å². The summed E-state index contributed by atoms with van der Waals surface area (Å²) in [5.74, 6) is 0. The van der Waals surface area contributed by atoms with Gasteiger partial charge in [-0.1, -0.05) is 25.5 Å². The van der Waals surface area contributed by atoms with Crippen molar-refractivity contribution in [3.05, 3.63) is 34.7 Å². The first-order valence-electron chi connectivity index (χ1n) is 7.68. The smallest absolute Gasteiger partial charge is 0.319 e. The second kappa shape index (κ2) is 7.57. The van der Waals surface area contributed by atoms with Crippen molar-refractivity contribution in [2.45, 2.75) is 39.2 Å². The zero-order valence-corrected chi connectivity index (χ0v) is 14.5. The first kappa shape index (κ1) is 17.4. The number of nitrogens with zero attached hydrogens (tertiary/aromatic N) is 1. The van der Waals surface area contributed by atoms with Crippen LogP contribution in [0.3, 0.4) is 0 Å². The van der Waals surface area contributed by atoms with E-state index in [1.807, 2.05) is 50.4 Å². The fourth-order valence-electron chi connectivity index (χ4n) is 2.39. The summed E-state index contributed by atoms with van der Waals surface area (Å²) in [5, 5.41) is 18.1. The molecule has 0 saturated heterocycles. The van der Waals surface area contributed by atoms with Crippen LogP contribution >= 0.6 is 11.3 Å². The van der Waals surface area contributed by atoms with Crippen molar-refractivity contribution < 1.29 is 9.90 Å². The van der Waals surface area contributed by atoms with Gasteiger partial charge in [-0.2, -0.15) is 0 Å². The van der Waals surface area contributed by atoms with Crippen LogP contribution < -0.4 is 10.6 Å². The Labute approximate surface area is 140 Å². The molecule has 0 fully saturated rings. The van der Waals surface area contributed by atoms with E-state index in [0.717, 1.165) is 29.1 Å². The lowest BCUT2D eigenvalue weighted by molar-refractivity contribution is 0.167. The molecule has 1 aromatic carbocycles. The van der Waals surface area contributed by atoms with Gasteiger partial charge in [0.05, 0.1) is 22.8 Å². The number of rotatable bonds is 6. The first-order valence-corrected chi connectivity index (χ1v) is 8.56. The molecule has 1 aromatic heterocycles.